The molecule has 6 nitrogen and oxygen atoms in total. The Balaban J connectivity index is 2.07. The number of ketones is 1. The number of hydrogen-bond acceptors (Lipinski definition) is 4. The molecule has 0 amide bonds. The molecule has 0 radical (unpaired) electrons. The number of carbonyl (C=O) groups is 1. The molecule has 0 spiro atoms. The zero-order chi connectivity index (χ0) is 14.3. The topological polar surface area (TPSA) is 110 Å². The van der Waals surface area contributed by atoms with Crippen molar-refractivity contribution >= 4 is 28.2 Å². The van der Waals surface area contributed by atoms with Crippen LogP contribution < -0.4 is 11.5 Å². The number of aromatic amines is 1. The summed E-state index contributed by atoms with van der Waals surface area (Å²) in [6, 6.07) is 0. The Hall–Kier alpha value is -2.15. The summed E-state index contributed by atoms with van der Waals surface area (Å²) in [5, 5.41) is 2.41. The summed E-state index contributed by atoms with van der Waals surface area (Å²) < 4.78 is 0. The highest BCUT2D eigenvalue weighted by atomic mass is 32.1. The summed E-state index contributed by atoms with van der Waals surface area (Å²) in [5.74, 6) is 0.205. The minimum Gasteiger partial charge on any atom is -0.370 e. The predicted octanol–water partition coefficient (Wildman–Crippen LogP) is 1.87. The van der Waals surface area contributed by atoms with Gasteiger partial charge < -0.3 is 16.5 Å². The zero-order valence-electron chi connectivity index (χ0n) is 11.1. The van der Waals surface area contributed by atoms with E-state index in [4.69, 9.17) is 11.5 Å². The van der Waals surface area contributed by atoms with E-state index in [0.717, 1.165) is 41.1 Å². The quantitative estimate of drug-likeness (QED) is 0.579. The number of rotatable bonds is 2. The number of fused-ring (bicyclic) bond motifs is 1. The molecular formula is C13H15N5OS. The van der Waals surface area contributed by atoms with Crippen LogP contribution in [0.3, 0.4) is 0 Å². The molecule has 3 rings (SSSR count). The van der Waals surface area contributed by atoms with Gasteiger partial charge in [-0.25, -0.2) is 4.98 Å². The lowest BCUT2D eigenvalue weighted by atomic mass is 9.91. The summed E-state index contributed by atoms with van der Waals surface area (Å²) in [5.41, 5.74) is 15.2. The zero-order valence-corrected chi connectivity index (χ0v) is 11.9. The third-order valence-electron chi connectivity index (χ3n) is 3.37. The molecule has 0 aromatic carbocycles. The molecule has 0 bridgehead atoms. The fraction of sp³-hybridized carbons (Fsp3) is 0.308. The highest BCUT2D eigenvalue weighted by Crippen LogP contribution is 2.35. The first-order valence-corrected chi connectivity index (χ1v) is 7.24. The fourth-order valence-corrected chi connectivity index (χ4v) is 3.31. The lowest BCUT2D eigenvalue weighted by Gasteiger charge is -2.11. The highest BCUT2D eigenvalue weighted by molar-refractivity contribution is 7.13. The predicted molar refractivity (Wildman–Crippen MR) is 79.4 cm³/mol. The number of hydrogen-bond donors (Lipinski definition) is 3. The van der Waals surface area contributed by atoms with E-state index in [2.05, 4.69) is 15.0 Å². The lowest BCUT2D eigenvalue weighted by Crippen LogP contribution is -2.21. The van der Waals surface area contributed by atoms with Crippen LogP contribution >= 0.6 is 11.3 Å². The van der Waals surface area contributed by atoms with Crippen LogP contribution in [0, 0.1) is 6.92 Å². The van der Waals surface area contributed by atoms with Gasteiger partial charge in [-0.3, -0.25) is 4.79 Å². The van der Waals surface area contributed by atoms with Crippen molar-refractivity contribution in [3.63, 3.8) is 0 Å². The number of thiazole rings is 1. The van der Waals surface area contributed by atoms with Crippen LogP contribution in [0.1, 0.15) is 34.5 Å². The van der Waals surface area contributed by atoms with Gasteiger partial charge in [-0.05, 0) is 25.3 Å². The van der Waals surface area contributed by atoms with Crippen molar-refractivity contribution in [2.75, 3.05) is 0 Å². The van der Waals surface area contributed by atoms with Crippen molar-refractivity contribution in [3.8, 4) is 11.4 Å². The van der Waals surface area contributed by atoms with Crippen LogP contribution in [0.5, 0.6) is 0 Å². The van der Waals surface area contributed by atoms with Crippen molar-refractivity contribution in [2.45, 2.75) is 26.2 Å². The Morgan fingerprint density at radius 1 is 1.45 bits per heavy atom. The van der Waals surface area contributed by atoms with E-state index >= 15 is 0 Å². The van der Waals surface area contributed by atoms with Gasteiger partial charge in [-0.15, -0.1) is 11.3 Å². The van der Waals surface area contributed by atoms with E-state index in [0.29, 0.717) is 11.6 Å². The SMILES string of the molecule is Cc1[nH]c(-c2csc(N=C(N)N)n2)c2c1C(=O)CCC2. The number of aryl methyl sites for hydroxylation is 1. The molecule has 0 atom stereocenters. The Morgan fingerprint density at radius 3 is 3.00 bits per heavy atom. The summed E-state index contributed by atoms with van der Waals surface area (Å²) in [6.45, 7) is 1.93. The summed E-state index contributed by atoms with van der Waals surface area (Å²) >= 11 is 1.37. The maximum atomic E-state index is 12.0. The number of Topliss-reactive ketones (excluding diaryl/α,β-unsaturated/α-hetero) is 1. The number of nitrogens with zero attached hydrogens (tertiary/aromatic N) is 2. The van der Waals surface area contributed by atoms with Crippen LogP contribution in [0.2, 0.25) is 0 Å². The molecule has 0 saturated heterocycles. The molecule has 1 aliphatic rings. The second kappa shape index (κ2) is 4.75. The Bertz CT molecular complexity index is 708. The summed E-state index contributed by atoms with van der Waals surface area (Å²) in [4.78, 5) is 23.6. The second-order valence-corrected chi connectivity index (χ2v) is 5.64. The van der Waals surface area contributed by atoms with Gasteiger partial charge in [0.05, 0.1) is 5.69 Å². The number of aromatic nitrogens is 2. The van der Waals surface area contributed by atoms with Gasteiger partial charge in [-0.1, -0.05) is 0 Å². The average molecular weight is 289 g/mol. The molecule has 20 heavy (non-hydrogen) atoms. The van der Waals surface area contributed by atoms with Gasteiger partial charge in [0, 0.05) is 23.1 Å². The fourth-order valence-electron chi connectivity index (χ4n) is 2.61. The van der Waals surface area contributed by atoms with E-state index < -0.39 is 0 Å². The van der Waals surface area contributed by atoms with Crippen molar-refractivity contribution < 1.29 is 4.79 Å². The Labute approximate surface area is 119 Å². The van der Waals surface area contributed by atoms with Crippen LogP contribution in [0.25, 0.3) is 11.4 Å². The molecule has 2 heterocycles. The van der Waals surface area contributed by atoms with Gasteiger partial charge in [0.2, 0.25) is 5.13 Å². The standard InChI is InChI=1S/C13H15N5OS/c1-6-10-7(3-2-4-9(10)19)11(16-6)8-5-20-13(17-8)18-12(14)15/h5,16H,2-4H2,1H3,(H4,14,15,17,18). The minimum atomic E-state index is -0.00854. The number of aliphatic imine (C=N–C) groups is 1. The third-order valence-corrected chi connectivity index (χ3v) is 4.11. The van der Waals surface area contributed by atoms with E-state index in [9.17, 15) is 4.79 Å². The van der Waals surface area contributed by atoms with Crippen LogP contribution in [-0.4, -0.2) is 21.7 Å². The van der Waals surface area contributed by atoms with E-state index in [1.165, 1.54) is 11.3 Å². The molecule has 0 unspecified atom stereocenters. The lowest BCUT2D eigenvalue weighted by molar-refractivity contribution is 0.0972. The normalized spacial score (nSPS) is 14.2. The first kappa shape index (κ1) is 12.9. The summed E-state index contributed by atoms with van der Waals surface area (Å²) in [7, 11) is 0. The van der Waals surface area contributed by atoms with Crippen molar-refractivity contribution in [1.29, 1.82) is 0 Å². The molecule has 2 aromatic heterocycles. The van der Waals surface area contributed by atoms with Crippen LogP contribution in [0.4, 0.5) is 5.13 Å². The molecule has 2 aromatic rings. The van der Waals surface area contributed by atoms with Crippen molar-refractivity contribution in [2.24, 2.45) is 16.5 Å². The van der Waals surface area contributed by atoms with Crippen LogP contribution in [-0.2, 0) is 6.42 Å². The number of nitrogens with one attached hydrogen (secondary N) is 1. The molecule has 1 aliphatic carbocycles. The maximum absolute atomic E-state index is 12.0. The van der Waals surface area contributed by atoms with Crippen molar-refractivity contribution in [3.05, 3.63) is 22.2 Å². The number of carbonyl (C=O) groups excluding carboxylic acids is 1. The van der Waals surface area contributed by atoms with Gasteiger partial charge >= 0.3 is 0 Å². The number of guanidine groups is 1. The summed E-state index contributed by atoms with van der Waals surface area (Å²) in [6.07, 6.45) is 2.42. The molecular weight excluding hydrogens is 274 g/mol. The Morgan fingerprint density at radius 2 is 2.25 bits per heavy atom. The first-order valence-electron chi connectivity index (χ1n) is 6.36. The maximum Gasteiger partial charge on any atom is 0.212 e. The second-order valence-electron chi connectivity index (χ2n) is 4.81. The van der Waals surface area contributed by atoms with Crippen LogP contribution in [0.15, 0.2) is 10.4 Å². The monoisotopic (exact) mass is 289 g/mol. The molecule has 0 saturated carbocycles. The van der Waals surface area contributed by atoms with E-state index in [1.807, 2.05) is 12.3 Å². The molecule has 104 valence electrons. The number of nitrogens with two attached hydrogens (primary N) is 2. The van der Waals surface area contributed by atoms with Gasteiger partial charge in [0.25, 0.3) is 0 Å². The molecule has 0 fully saturated rings. The molecule has 0 aliphatic heterocycles. The number of H-pyrrole nitrogens is 1. The van der Waals surface area contributed by atoms with Gasteiger partial charge in [-0.2, -0.15) is 4.99 Å². The van der Waals surface area contributed by atoms with E-state index in [-0.39, 0.29) is 11.7 Å². The highest BCUT2D eigenvalue weighted by Gasteiger charge is 2.25. The van der Waals surface area contributed by atoms with Gasteiger partial charge in [0.1, 0.15) is 5.69 Å². The molecule has 5 N–H and O–H groups in total. The third kappa shape index (κ3) is 2.09. The smallest absolute Gasteiger partial charge is 0.212 e. The largest absolute Gasteiger partial charge is 0.370 e. The van der Waals surface area contributed by atoms with Crippen molar-refractivity contribution in [1.82, 2.24) is 9.97 Å². The van der Waals surface area contributed by atoms with Gasteiger partial charge in [0.15, 0.2) is 11.7 Å². The first-order chi connectivity index (χ1) is 9.56. The average Bonchev–Trinajstić information content (AvgIpc) is 2.94. The van der Waals surface area contributed by atoms with E-state index in [1.54, 1.807) is 0 Å². The Kier molecular flexibility index (Phi) is 3.06. The minimum absolute atomic E-state index is 0.00854. The molecule has 7 heteroatoms.